The first-order valence-electron chi connectivity index (χ1n) is 12.1. The zero-order valence-corrected chi connectivity index (χ0v) is 21.8. The van der Waals surface area contributed by atoms with E-state index in [1.165, 1.54) is 19.2 Å². The van der Waals surface area contributed by atoms with E-state index in [1.54, 1.807) is 12.1 Å². The van der Waals surface area contributed by atoms with Gasteiger partial charge in [0.25, 0.3) is 0 Å². The molecule has 38 heavy (non-hydrogen) atoms. The Morgan fingerprint density at radius 3 is 1.68 bits per heavy atom. The van der Waals surface area contributed by atoms with Gasteiger partial charge in [0, 0.05) is 18.7 Å². The molecule has 4 aliphatic rings. The van der Waals surface area contributed by atoms with Crippen LogP contribution in [-0.4, -0.2) is 42.2 Å². The van der Waals surface area contributed by atoms with Crippen LogP contribution in [0.5, 0.6) is 0 Å². The van der Waals surface area contributed by atoms with Crippen LogP contribution in [0.4, 0.5) is 5.69 Å². The molecule has 1 aliphatic heterocycles. The third kappa shape index (κ3) is 3.21. The number of esters is 1. The van der Waals surface area contributed by atoms with E-state index in [9.17, 15) is 19.2 Å². The maximum absolute atomic E-state index is 13.8. The first-order chi connectivity index (χ1) is 18.2. The lowest BCUT2D eigenvalue weighted by molar-refractivity contribution is -0.140. The summed E-state index contributed by atoms with van der Waals surface area (Å²) in [7, 11) is 1.29. The fourth-order valence-electron chi connectivity index (χ4n) is 6.19. The number of alkyl halides is 2. The zero-order chi connectivity index (χ0) is 26.8. The molecule has 1 fully saturated rings. The minimum absolute atomic E-state index is 0.108. The van der Waals surface area contributed by atoms with Crippen molar-refractivity contribution in [1.82, 2.24) is 4.90 Å². The summed E-state index contributed by atoms with van der Waals surface area (Å²) in [5.41, 5.74) is 3.74. The summed E-state index contributed by atoms with van der Waals surface area (Å²) < 4.78 is 4.67. The Morgan fingerprint density at radius 1 is 0.816 bits per heavy atom. The molecule has 3 aromatic rings. The van der Waals surface area contributed by atoms with E-state index in [2.05, 4.69) is 10.1 Å². The van der Waals surface area contributed by atoms with Gasteiger partial charge in [0.05, 0.1) is 24.5 Å². The quantitative estimate of drug-likeness (QED) is 0.290. The average molecular weight is 549 g/mol. The van der Waals surface area contributed by atoms with Crippen LogP contribution in [0, 0.1) is 11.8 Å². The number of imide groups is 1. The third-order valence-electron chi connectivity index (χ3n) is 7.83. The van der Waals surface area contributed by atoms with Gasteiger partial charge in [-0.3, -0.25) is 19.3 Å². The minimum atomic E-state index is -1.25. The molecule has 1 heterocycles. The van der Waals surface area contributed by atoms with Gasteiger partial charge >= 0.3 is 5.97 Å². The molecule has 1 saturated heterocycles. The lowest BCUT2D eigenvalue weighted by Gasteiger charge is -2.54. The first-order valence-corrected chi connectivity index (χ1v) is 12.9. The molecule has 9 heteroatoms. The predicted molar refractivity (Wildman–Crippen MR) is 141 cm³/mol. The highest BCUT2D eigenvalue weighted by Gasteiger charge is 2.72. The van der Waals surface area contributed by atoms with Crippen LogP contribution in [-0.2, 0) is 28.9 Å². The summed E-state index contributed by atoms with van der Waals surface area (Å²) >= 11 is 14.8. The lowest BCUT2D eigenvalue weighted by atomic mass is 9.54. The highest BCUT2D eigenvalue weighted by Crippen LogP contribution is 2.69. The molecule has 7 rings (SSSR count). The Morgan fingerprint density at radius 2 is 1.26 bits per heavy atom. The summed E-state index contributed by atoms with van der Waals surface area (Å²) in [5.74, 6) is -3.52. The second kappa shape index (κ2) is 8.68. The van der Waals surface area contributed by atoms with Crippen molar-refractivity contribution >= 4 is 52.6 Å². The van der Waals surface area contributed by atoms with E-state index in [0.29, 0.717) is 11.3 Å². The Hall–Kier alpha value is -3.68. The summed E-state index contributed by atoms with van der Waals surface area (Å²) in [6.07, 6.45) is -0.111. The molecule has 3 aromatic carbocycles. The lowest BCUT2D eigenvalue weighted by Crippen LogP contribution is -2.57. The monoisotopic (exact) mass is 548 g/mol. The molecule has 2 atom stereocenters. The van der Waals surface area contributed by atoms with Gasteiger partial charge in [-0.1, -0.05) is 48.5 Å². The Bertz CT molecular complexity index is 1400. The fraction of sp³-hybridized carbons (Fsp3) is 0.241. The number of amides is 3. The van der Waals surface area contributed by atoms with Crippen LogP contribution < -0.4 is 5.32 Å². The largest absolute Gasteiger partial charge is 0.465 e. The van der Waals surface area contributed by atoms with Crippen molar-refractivity contribution in [2.45, 2.75) is 16.2 Å². The van der Waals surface area contributed by atoms with Crippen molar-refractivity contribution < 1.29 is 23.9 Å². The van der Waals surface area contributed by atoms with E-state index in [1.807, 2.05) is 48.5 Å². The number of nitrogens with zero attached hydrogens (tertiary/aromatic N) is 1. The SMILES string of the molecule is COC(=O)c1ccc(NC(=O)CCN2C(=O)[C@@H]3[C@H](C2=O)C2(Cl)c4ccccc4C3(Cl)c3ccccc32)cc1. The number of halogens is 2. The van der Waals surface area contributed by atoms with Crippen molar-refractivity contribution in [2.75, 3.05) is 19.0 Å². The number of benzene rings is 3. The molecular weight excluding hydrogens is 527 g/mol. The number of hydrogen-bond acceptors (Lipinski definition) is 5. The number of rotatable bonds is 5. The summed E-state index contributed by atoms with van der Waals surface area (Å²) in [6, 6.07) is 21.1. The number of carbonyl (C=O) groups is 4. The molecule has 0 radical (unpaired) electrons. The highest BCUT2D eigenvalue weighted by molar-refractivity contribution is 6.36. The number of likely N-dealkylation sites (tertiary alicyclic amines) is 1. The predicted octanol–water partition coefficient (Wildman–Crippen LogP) is 4.40. The third-order valence-corrected chi connectivity index (χ3v) is 9.11. The average Bonchev–Trinajstić information content (AvgIpc) is 3.20. The van der Waals surface area contributed by atoms with Gasteiger partial charge in [0.2, 0.25) is 17.7 Å². The topological polar surface area (TPSA) is 92.8 Å². The van der Waals surface area contributed by atoms with Crippen molar-refractivity contribution in [1.29, 1.82) is 0 Å². The van der Waals surface area contributed by atoms with E-state index >= 15 is 0 Å². The number of nitrogens with one attached hydrogen (secondary N) is 1. The molecule has 192 valence electrons. The number of methoxy groups -OCH3 is 1. The number of anilines is 1. The molecule has 7 nitrogen and oxygen atoms in total. The maximum atomic E-state index is 13.8. The second-order valence-electron chi connectivity index (χ2n) is 9.67. The van der Waals surface area contributed by atoms with Crippen LogP contribution >= 0.6 is 23.2 Å². The normalized spacial score (nSPS) is 26.4. The van der Waals surface area contributed by atoms with Gasteiger partial charge in [-0.2, -0.15) is 0 Å². The van der Waals surface area contributed by atoms with Crippen molar-refractivity contribution in [2.24, 2.45) is 11.8 Å². The molecule has 3 aliphatic carbocycles. The Kier molecular flexibility index (Phi) is 5.63. The van der Waals surface area contributed by atoms with Crippen molar-refractivity contribution in [3.05, 3.63) is 101 Å². The van der Waals surface area contributed by atoms with Gasteiger partial charge in [-0.15, -0.1) is 23.2 Å². The van der Waals surface area contributed by atoms with Gasteiger partial charge in [-0.05, 0) is 46.5 Å². The summed E-state index contributed by atoms with van der Waals surface area (Å²) in [4.78, 5) is 50.5. The number of carbonyl (C=O) groups excluding carboxylic acids is 4. The fourth-order valence-corrected chi connectivity index (χ4v) is 7.29. The standard InChI is InChI=1S/C29H22Cl2N2O5/c1-38-27(37)16-10-12-17(13-11-16)32-22(34)14-15-33-25(35)23-24(26(33)36)29(31)19-7-3-2-6-18(19)28(23,30)20-8-4-5-9-21(20)29/h2-13,23-24H,14-15H2,1H3,(H,32,34)/t23-,24+,28?,29?. The van der Waals surface area contributed by atoms with Gasteiger partial charge < -0.3 is 10.1 Å². The molecule has 0 spiro atoms. The van der Waals surface area contributed by atoms with Crippen LogP contribution in [0.3, 0.4) is 0 Å². The molecule has 0 aromatic heterocycles. The first kappa shape index (κ1) is 24.6. The van der Waals surface area contributed by atoms with E-state index in [4.69, 9.17) is 23.2 Å². The molecule has 0 saturated carbocycles. The second-order valence-corrected chi connectivity index (χ2v) is 10.9. The van der Waals surface area contributed by atoms with Crippen LogP contribution in [0.2, 0.25) is 0 Å². The zero-order valence-electron chi connectivity index (χ0n) is 20.2. The van der Waals surface area contributed by atoms with Crippen molar-refractivity contribution in [3.63, 3.8) is 0 Å². The highest BCUT2D eigenvalue weighted by atomic mass is 35.5. The van der Waals surface area contributed by atoms with E-state index < -0.39 is 39.4 Å². The van der Waals surface area contributed by atoms with Crippen LogP contribution in [0.1, 0.15) is 39.0 Å². The van der Waals surface area contributed by atoms with Crippen LogP contribution in [0.25, 0.3) is 0 Å². The number of ether oxygens (including phenoxy) is 1. The van der Waals surface area contributed by atoms with Gasteiger partial charge in [-0.25, -0.2) is 4.79 Å². The van der Waals surface area contributed by atoms with Crippen LogP contribution in [0.15, 0.2) is 72.8 Å². The Labute approximate surface area is 228 Å². The smallest absolute Gasteiger partial charge is 0.337 e. The van der Waals surface area contributed by atoms with E-state index in [0.717, 1.165) is 27.2 Å². The van der Waals surface area contributed by atoms with E-state index in [-0.39, 0.29) is 18.9 Å². The molecule has 3 amide bonds. The summed E-state index contributed by atoms with van der Waals surface area (Å²) in [5, 5.41) is 2.72. The summed E-state index contributed by atoms with van der Waals surface area (Å²) in [6.45, 7) is -0.108. The number of hydrogen-bond donors (Lipinski definition) is 1. The van der Waals surface area contributed by atoms with Crippen molar-refractivity contribution in [3.8, 4) is 0 Å². The molecule has 1 N–H and O–H groups in total. The molecule has 2 bridgehead atoms. The Balaban J connectivity index is 1.27. The van der Waals surface area contributed by atoms with Gasteiger partial charge in [0.15, 0.2) is 0 Å². The van der Waals surface area contributed by atoms with Gasteiger partial charge in [0.1, 0.15) is 9.75 Å². The molecular formula is C29H22Cl2N2O5. The maximum Gasteiger partial charge on any atom is 0.337 e. The molecule has 0 unspecified atom stereocenters. The minimum Gasteiger partial charge on any atom is -0.465 e.